The Hall–Kier alpha value is -3.51. The molecule has 0 radical (unpaired) electrons. The molecule has 0 aliphatic rings. The van der Waals surface area contributed by atoms with Crippen molar-refractivity contribution in [3.8, 4) is 11.5 Å². The van der Waals surface area contributed by atoms with Crippen molar-refractivity contribution in [2.45, 2.75) is 18.7 Å². The van der Waals surface area contributed by atoms with Gasteiger partial charge in [-0.15, -0.1) is 0 Å². The Bertz CT molecular complexity index is 1380. The number of hydrogen-bond acceptors (Lipinski definition) is 6. The summed E-state index contributed by atoms with van der Waals surface area (Å²) in [6.45, 7) is 5.36. The molecule has 4 aromatic carbocycles. The maximum absolute atomic E-state index is 11.1. The van der Waals surface area contributed by atoms with Gasteiger partial charge in [0.25, 0.3) is 0 Å². The van der Waals surface area contributed by atoms with Crippen LogP contribution in [0.1, 0.15) is 12.5 Å². The summed E-state index contributed by atoms with van der Waals surface area (Å²) in [7, 11) is -6.17. The topological polar surface area (TPSA) is 104 Å². The Kier molecular flexibility index (Phi) is 8.64. The first-order valence-electron chi connectivity index (χ1n) is 11.0. The molecule has 4 aromatic rings. The number of benzene rings is 4. The van der Waals surface area contributed by atoms with E-state index >= 15 is 0 Å². The first-order valence-corrected chi connectivity index (χ1v) is 14.7. The van der Waals surface area contributed by atoms with Crippen LogP contribution in [0.15, 0.2) is 108 Å². The summed E-state index contributed by atoms with van der Waals surface area (Å²) >= 11 is 0. The van der Waals surface area contributed by atoms with Crippen LogP contribution in [0.4, 0.5) is 0 Å². The van der Waals surface area contributed by atoms with E-state index in [0.717, 1.165) is 12.1 Å². The molecule has 0 atom stereocenters. The summed E-state index contributed by atoms with van der Waals surface area (Å²) in [4.78, 5) is 10.7. The summed E-state index contributed by atoms with van der Waals surface area (Å²) in [5, 5.41) is 13.0. The molecule has 186 valence electrons. The lowest BCUT2D eigenvalue weighted by Crippen LogP contribution is -2.30. The second-order valence-electron chi connectivity index (χ2n) is 8.17. The van der Waals surface area contributed by atoms with Gasteiger partial charge in [-0.2, -0.15) is 0 Å². The second-order valence-corrected chi connectivity index (χ2v) is 13.1. The number of ether oxygens (including phenoxy) is 1. The van der Waals surface area contributed by atoms with E-state index in [0.29, 0.717) is 11.3 Å². The average Bonchev–Trinajstić information content (AvgIpc) is 2.86. The van der Waals surface area contributed by atoms with E-state index in [9.17, 15) is 17.8 Å². The number of aryl methyl sites for hydroxylation is 1. The monoisotopic (exact) mass is 522 g/mol. The van der Waals surface area contributed by atoms with E-state index in [1.165, 1.54) is 28.9 Å². The van der Waals surface area contributed by atoms with Crippen LogP contribution in [0.3, 0.4) is 0 Å². The fraction of sp³-hybridized carbons (Fsp3) is 0.107. The molecule has 1 N–H and O–H groups in total. The third kappa shape index (κ3) is 6.58. The van der Waals surface area contributed by atoms with Crippen molar-refractivity contribution in [1.82, 2.24) is 0 Å². The lowest BCUT2D eigenvalue weighted by molar-refractivity contribution is -0.131. The van der Waals surface area contributed by atoms with Crippen LogP contribution in [0.5, 0.6) is 11.5 Å². The van der Waals surface area contributed by atoms with Crippen molar-refractivity contribution in [2.75, 3.05) is 6.66 Å². The number of esters is 1. The van der Waals surface area contributed by atoms with Gasteiger partial charge in [0.05, 0.1) is 11.6 Å². The number of rotatable bonds is 5. The van der Waals surface area contributed by atoms with E-state index in [4.69, 9.17) is 9.84 Å². The SMILES string of the molecule is CC(=O)Oc1ccc([P+](C)(c2ccccc2)c2ccccc2)cc1.Cc1ccc(S(=O)(=O)[O-])cc1O. The fourth-order valence-corrected chi connectivity index (χ4v) is 7.29. The summed E-state index contributed by atoms with van der Waals surface area (Å²) in [6, 6.07) is 32.6. The predicted molar refractivity (Wildman–Crippen MR) is 143 cm³/mol. The van der Waals surface area contributed by atoms with Crippen LogP contribution < -0.4 is 20.7 Å². The molecular weight excluding hydrogens is 495 g/mol. The van der Waals surface area contributed by atoms with Gasteiger partial charge in [-0.25, -0.2) is 8.42 Å². The van der Waals surface area contributed by atoms with Crippen molar-refractivity contribution in [3.05, 3.63) is 109 Å². The molecule has 4 rings (SSSR count). The summed E-state index contributed by atoms with van der Waals surface area (Å²) in [6.07, 6.45) is 0. The highest BCUT2D eigenvalue weighted by molar-refractivity contribution is 7.95. The number of phenols is 1. The molecule has 0 fully saturated rings. The van der Waals surface area contributed by atoms with E-state index < -0.39 is 22.3 Å². The summed E-state index contributed by atoms with van der Waals surface area (Å²) < 4.78 is 36.5. The quantitative estimate of drug-likeness (QED) is 0.183. The van der Waals surface area contributed by atoms with Crippen LogP contribution in [0.2, 0.25) is 0 Å². The van der Waals surface area contributed by atoms with E-state index in [-0.39, 0.29) is 11.7 Å². The highest BCUT2D eigenvalue weighted by atomic mass is 32.2. The van der Waals surface area contributed by atoms with E-state index in [1.807, 2.05) is 24.3 Å². The van der Waals surface area contributed by atoms with Gasteiger partial charge in [-0.3, -0.25) is 4.79 Å². The molecular formula is C28H27O6PS. The number of phenolic OH excluding ortho intramolecular Hbond substituents is 1. The first kappa shape index (κ1) is 27.1. The Morgan fingerprint density at radius 3 is 1.69 bits per heavy atom. The lowest BCUT2D eigenvalue weighted by atomic mass is 10.2. The van der Waals surface area contributed by atoms with Crippen molar-refractivity contribution in [2.24, 2.45) is 0 Å². The van der Waals surface area contributed by atoms with Crippen LogP contribution >= 0.6 is 7.26 Å². The average molecular weight is 523 g/mol. The van der Waals surface area contributed by atoms with Gasteiger partial charge in [0, 0.05) is 6.92 Å². The standard InChI is InChI=1S/C21H20O2P.C7H8O4S/c1-17(22)23-18-13-15-21(16-14-18)24(2,19-9-5-3-6-10-19)20-11-7-4-8-12-20;1-5-2-3-6(4-7(5)8)12(9,10)11/h3-16H,1-2H3;2-4,8H,1H3,(H,9,10,11)/q+1;/p-1. The Morgan fingerprint density at radius 1 is 0.806 bits per heavy atom. The molecule has 0 aliphatic heterocycles. The third-order valence-corrected chi connectivity index (χ3v) is 10.5. The van der Waals surface area contributed by atoms with Gasteiger partial charge in [0.2, 0.25) is 0 Å². The van der Waals surface area contributed by atoms with Crippen molar-refractivity contribution >= 4 is 39.3 Å². The minimum Gasteiger partial charge on any atom is -0.744 e. The number of carbonyl (C=O) groups excluding carboxylic acids is 1. The molecule has 0 saturated heterocycles. The molecule has 0 spiro atoms. The fourth-order valence-electron chi connectivity index (χ4n) is 3.62. The molecule has 8 heteroatoms. The predicted octanol–water partition coefficient (Wildman–Crippen LogP) is 4.14. The zero-order valence-electron chi connectivity index (χ0n) is 20.2. The molecule has 0 amide bonds. The van der Waals surface area contributed by atoms with Crippen LogP contribution in [-0.4, -0.2) is 30.7 Å². The summed E-state index contributed by atoms with van der Waals surface area (Å²) in [5.74, 6) is 0.0947. The van der Waals surface area contributed by atoms with Gasteiger partial charge >= 0.3 is 5.97 Å². The molecule has 0 aromatic heterocycles. The van der Waals surface area contributed by atoms with Gasteiger partial charge in [-0.05, 0) is 73.2 Å². The third-order valence-electron chi connectivity index (χ3n) is 5.63. The maximum Gasteiger partial charge on any atom is 0.308 e. The normalized spacial score (nSPS) is 11.2. The Balaban J connectivity index is 0.000000253. The minimum absolute atomic E-state index is 0.188. The molecule has 0 unspecified atom stereocenters. The van der Waals surface area contributed by atoms with Crippen LogP contribution in [0, 0.1) is 6.92 Å². The van der Waals surface area contributed by atoms with E-state index in [1.54, 1.807) is 6.92 Å². The Labute approximate surface area is 212 Å². The molecule has 6 nitrogen and oxygen atoms in total. The Morgan fingerprint density at radius 2 is 1.28 bits per heavy atom. The largest absolute Gasteiger partial charge is 0.744 e. The zero-order valence-corrected chi connectivity index (χ0v) is 21.9. The molecule has 0 saturated carbocycles. The lowest BCUT2D eigenvalue weighted by Gasteiger charge is -2.23. The second kappa shape index (κ2) is 11.5. The zero-order chi connectivity index (χ0) is 26.3. The minimum atomic E-state index is -4.45. The first-order chi connectivity index (χ1) is 17.0. The van der Waals surface area contributed by atoms with Gasteiger partial charge in [0.15, 0.2) is 0 Å². The van der Waals surface area contributed by atoms with Gasteiger partial charge in [-0.1, -0.05) is 42.5 Å². The maximum atomic E-state index is 11.1. The van der Waals surface area contributed by atoms with Crippen LogP contribution in [0.25, 0.3) is 0 Å². The molecule has 36 heavy (non-hydrogen) atoms. The highest BCUT2D eigenvalue weighted by Crippen LogP contribution is 2.51. The number of hydrogen-bond donors (Lipinski definition) is 1. The molecule has 0 heterocycles. The van der Waals surface area contributed by atoms with E-state index in [2.05, 4.69) is 67.3 Å². The summed E-state index contributed by atoms with van der Waals surface area (Å²) in [5.41, 5.74) is 0.530. The highest BCUT2D eigenvalue weighted by Gasteiger charge is 2.39. The molecule has 0 bridgehead atoms. The van der Waals surface area contributed by atoms with Gasteiger partial charge < -0.3 is 14.4 Å². The van der Waals surface area contributed by atoms with Gasteiger partial charge in [0.1, 0.15) is 44.8 Å². The van der Waals surface area contributed by atoms with Crippen molar-refractivity contribution in [1.29, 1.82) is 0 Å². The van der Waals surface area contributed by atoms with Crippen molar-refractivity contribution in [3.63, 3.8) is 0 Å². The number of carbonyl (C=O) groups is 1. The number of aromatic hydroxyl groups is 1. The van der Waals surface area contributed by atoms with Crippen molar-refractivity contribution < 1.29 is 27.6 Å². The van der Waals surface area contributed by atoms with Crippen LogP contribution in [-0.2, 0) is 14.9 Å². The molecule has 0 aliphatic carbocycles. The smallest absolute Gasteiger partial charge is 0.308 e.